The van der Waals surface area contributed by atoms with Gasteiger partial charge in [-0.2, -0.15) is 0 Å². The summed E-state index contributed by atoms with van der Waals surface area (Å²) in [6, 6.07) is 2.11. The lowest BCUT2D eigenvalue weighted by atomic mass is 10.1. The Morgan fingerprint density at radius 3 is 2.06 bits per heavy atom. The molecule has 0 aromatic heterocycles. The summed E-state index contributed by atoms with van der Waals surface area (Å²) in [6.45, 7) is 11.5. The summed E-state index contributed by atoms with van der Waals surface area (Å²) in [4.78, 5) is 5.13. The van der Waals surface area contributed by atoms with E-state index in [1.165, 1.54) is 12.8 Å². The molecule has 3 nitrogen and oxygen atoms in total. The number of hydrogen-bond acceptors (Lipinski definition) is 3. The number of β-amino-alcohol motifs (C(OH)–C–C–N with tert-alkyl or cyclic N) is 1. The Kier molecular flexibility index (Phi) is 3.30. The van der Waals surface area contributed by atoms with E-state index in [1.807, 2.05) is 13.8 Å². The van der Waals surface area contributed by atoms with Crippen LogP contribution in [0.15, 0.2) is 0 Å². The van der Waals surface area contributed by atoms with Crippen LogP contribution < -0.4 is 0 Å². The maximum atomic E-state index is 9.88. The molecule has 0 aromatic carbocycles. The van der Waals surface area contributed by atoms with Gasteiger partial charge in [-0.3, -0.25) is 9.80 Å². The summed E-state index contributed by atoms with van der Waals surface area (Å²) in [5.41, 5.74) is -0.556. The van der Waals surface area contributed by atoms with Gasteiger partial charge < -0.3 is 5.11 Å². The van der Waals surface area contributed by atoms with E-state index in [0.717, 1.165) is 31.7 Å². The highest BCUT2D eigenvalue weighted by Gasteiger charge is 2.41. The molecule has 0 saturated carbocycles. The van der Waals surface area contributed by atoms with Gasteiger partial charge in [-0.15, -0.1) is 0 Å². The van der Waals surface area contributed by atoms with E-state index >= 15 is 0 Å². The highest BCUT2D eigenvalue weighted by atomic mass is 16.3. The Hall–Kier alpha value is -0.120. The number of aliphatic hydroxyl groups is 1. The fraction of sp³-hybridized carbons (Fsp3) is 1.00. The number of hydrogen-bond donors (Lipinski definition) is 1. The van der Waals surface area contributed by atoms with Crippen molar-refractivity contribution < 1.29 is 5.11 Å². The Labute approximate surface area is 99.4 Å². The number of likely N-dealkylation sites (tertiary alicyclic amines) is 1. The minimum Gasteiger partial charge on any atom is -0.389 e. The van der Waals surface area contributed by atoms with Crippen LogP contribution in [0.25, 0.3) is 0 Å². The minimum atomic E-state index is -0.556. The van der Waals surface area contributed by atoms with Crippen molar-refractivity contribution >= 4 is 0 Å². The molecule has 2 fully saturated rings. The summed E-state index contributed by atoms with van der Waals surface area (Å²) >= 11 is 0. The van der Waals surface area contributed by atoms with Crippen LogP contribution >= 0.6 is 0 Å². The molecular weight excluding hydrogens is 200 g/mol. The monoisotopic (exact) mass is 226 g/mol. The van der Waals surface area contributed by atoms with Crippen LogP contribution in [0.5, 0.6) is 0 Å². The molecule has 2 heterocycles. The van der Waals surface area contributed by atoms with E-state index in [-0.39, 0.29) is 0 Å². The first-order valence-corrected chi connectivity index (χ1v) is 6.59. The van der Waals surface area contributed by atoms with E-state index in [4.69, 9.17) is 0 Å². The predicted octanol–water partition coefficient (Wildman–Crippen LogP) is 1.31. The first kappa shape index (κ1) is 12.3. The van der Waals surface area contributed by atoms with Crippen LogP contribution in [0.1, 0.15) is 40.5 Å². The molecule has 0 aliphatic carbocycles. The van der Waals surface area contributed by atoms with Gasteiger partial charge in [0.2, 0.25) is 0 Å². The molecule has 0 aromatic rings. The van der Waals surface area contributed by atoms with Gasteiger partial charge in [-0.1, -0.05) is 0 Å². The van der Waals surface area contributed by atoms with Crippen molar-refractivity contribution in [1.82, 2.24) is 9.80 Å². The van der Waals surface area contributed by atoms with Crippen molar-refractivity contribution in [3.05, 3.63) is 0 Å². The van der Waals surface area contributed by atoms with E-state index in [1.54, 1.807) is 0 Å². The molecule has 0 spiro atoms. The molecule has 2 saturated heterocycles. The fourth-order valence-corrected chi connectivity index (χ4v) is 3.54. The highest BCUT2D eigenvalue weighted by molar-refractivity contribution is 4.97. The van der Waals surface area contributed by atoms with Gasteiger partial charge in [-0.25, -0.2) is 0 Å². The first-order valence-electron chi connectivity index (χ1n) is 6.59. The van der Waals surface area contributed by atoms with Gasteiger partial charge >= 0.3 is 0 Å². The Balaban J connectivity index is 1.97. The second-order valence-corrected chi connectivity index (χ2v) is 6.43. The zero-order valence-electron chi connectivity index (χ0n) is 11.1. The van der Waals surface area contributed by atoms with Gasteiger partial charge in [0, 0.05) is 37.8 Å². The molecule has 2 unspecified atom stereocenters. The average Bonchev–Trinajstić information content (AvgIpc) is 2.36. The van der Waals surface area contributed by atoms with Crippen LogP contribution in [0.4, 0.5) is 0 Å². The molecule has 0 radical (unpaired) electrons. The third-order valence-electron chi connectivity index (χ3n) is 3.82. The van der Waals surface area contributed by atoms with Crippen molar-refractivity contribution in [2.24, 2.45) is 0 Å². The third kappa shape index (κ3) is 2.58. The van der Waals surface area contributed by atoms with Gasteiger partial charge in [0.25, 0.3) is 0 Å². The van der Waals surface area contributed by atoms with E-state index in [0.29, 0.717) is 6.04 Å². The molecule has 2 bridgehead atoms. The topological polar surface area (TPSA) is 26.7 Å². The Morgan fingerprint density at radius 2 is 1.69 bits per heavy atom. The molecule has 1 N–H and O–H groups in total. The van der Waals surface area contributed by atoms with Gasteiger partial charge in [0.15, 0.2) is 0 Å². The smallest absolute Gasteiger partial charge is 0.0718 e. The van der Waals surface area contributed by atoms with Crippen LogP contribution in [0.2, 0.25) is 0 Å². The maximum absolute atomic E-state index is 9.88. The first-order chi connectivity index (χ1) is 7.37. The van der Waals surface area contributed by atoms with Crippen molar-refractivity contribution in [2.45, 2.75) is 64.3 Å². The molecular formula is C13H26N2O. The lowest BCUT2D eigenvalue weighted by molar-refractivity contribution is -0.0111. The highest BCUT2D eigenvalue weighted by Crippen LogP contribution is 2.32. The predicted molar refractivity (Wildman–Crippen MR) is 66.5 cm³/mol. The lowest BCUT2D eigenvalue weighted by Gasteiger charge is -2.44. The lowest BCUT2D eigenvalue weighted by Crippen LogP contribution is -2.57. The van der Waals surface area contributed by atoms with Crippen LogP contribution in [0.3, 0.4) is 0 Å². The summed E-state index contributed by atoms with van der Waals surface area (Å²) in [5.74, 6) is 0. The normalized spacial score (nSPS) is 32.6. The maximum Gasteiger partial charge on any atom is 0.0718 e. The van der Waals surface area contributed by atoms with Crippen molar-refractivity contribution in [3.63, 3.8) is 0 Å². The summed E-state index contributed by atoms with van der Waals surface area (Å²) in [5, 5.41) is 9.88. The van der Waals surface area contributed by atoms with E-state index < -0.39 is 5.60 Å². The minimum absolute atomic E-state index is 0.556. The summed E-state index contributed by atoms with van der Waals surface area (Å²) in [6.07, 6.45) is 2.68. The second kappa shape index (κ2) is 4.28. The SMILES string of the molecule is CC(C)N1C2CCC1CN(CC(C)(C)O)C2. The number of rotatable bonds is 3. The molecule has 2 aliphatic rings. The quantitative estimate of drug-likeness (QED) is 0.786. The summed E-state index contributed by atoms with van der Waals surface area (Å²) < 4.78 is 0. The summed E-state index contributed by atoms with van der Waals surface area (Å²) in [7, 11) is 0. The second-order valence-electron chi connectivity index (χ2n) is 6.43. The average molecular weight is 226 g/mol. The van der Waals surface area contributed by atoms with Crippen molar-refractivity contribution in [2.75, 3.05) is 19.6 Å². The van der Waals surface area contributed by atoms with Gasteiger partial charge in [0.1, 0.15) is 0 Å². The van der Waals surface area contributed by atoms with Crippen LogP contribution in [0, 0.1) is 0 Å². The Morgan fingerprint density at radius 1 is 1.19 bits per heavy atom. The standard InChI is InChI=1S/C13H26N2O/c1-10(2)15-11-5-6-12(15)8-14(7-11)9-13(3,4)16/h10-12,16H,5-9H2,1-4H3. The largest absolute Gasteiger partial charge is 0.389 e. The molecule has 2 aliphatic heterocycles. The fourth-order valence-electron chi connectivity index (χ4n) is 3.54. The number of fused-ring (bicyclic) bond motifs is 2. The molecule has 3 heteroatoms. The van der Waals surface area contributed by atoms with Gasteiger partial charge in [0.05, 0.1) is 5.60 Å². The Bertz CT molecular complexity index is 233. The molecule has 16 heavy (non-hydrogen) atoms. The van der Waals surface area contributed by atoms with Crippen LogP contribution in [-0.4, -0.2) is 58.3 Å². The molecule has 2 rings (SSSR count). The zero-order chi connectivity index (χ0) is 11.9. The third-order valence-corrected chi connectivity index (χ3v) is 3.82. The number of nitrogens with zero attached hydrogens (tertiary/aromatic N) is 2. The molecule has 94 valence electrons. The van der Waals surface area contributed by atoms with Crippen molar-refractivity contribution in [3.8, 4) is 0 Å². The van der Waals surface area contributed by atoms with Gasteiger partial charge in [-0.05, 0) is 40.5 Å². The molecule has 0 amide bonds. The number of piperazine rings is 1. The van der Waals surface area contributed by atoms with Crippen molar-refractivity contribution in [1.29, 1.82) is 0 Å². The van der Waals surface area contributed by atoms with E-state index in [2.05, 4.69) is 23.6 Å². The van der Waals surface area contributed by atoms with Crippen LogP contribution in [-0.2, 0) is 0 Å². The van der Waals surface area contributed by atoms with E-state index in [9.17, 15) is 5.11 Å². The zero-order valence-corrected chi connectivity index (χ0v) is 11.1. The molecule has 2 atom stereocenters.